The maximum atomic E-state index is 2.40. The second-order valence-electron chi connectivity index (χ2n) is 13.5. The Bertz CT molecular complexity index is 2730. The zero-order chi connectivity index (χ0) is 32.1. The van der Waals surface area contributed by atoms with E-state index in [4.69, 9.17) is 0 Å². The fourth-order valence-electron chi connectivity index (χ4n) is 9.50. The third kappa shape index (κ3) is 3.38. The molecule has 0 radical (unpaired) electrons. The lowest BCUT2D eigenvalue weighted by molar-refractivity contribution is 0.794. The summed E-state index contributed by atoms with van der Waals surface area (Å²) in [7, 11) is 0. The largest absolute Gasteiger partial charge is 0.0725 e. The van der Waals surface area contributed by atoms with Crippen LogP contribution in [0.2, 0.25) is 0 Å². The van der Waals surface area contributed by atoms with Gasteiger partial charge in [0.1, 0.15) is 0 Å². The quantitative estimate of drug-likeness (QED) is 0.169. The topological polar surface area (TPSA) is 0 Å². The van der Waals surface area contributed by atoms with E-state index in [1.165, 1.54) is 99.1 Å². The summed E-state index contributed by atoms with van der Waals surface area (Å²) in [6.07, 6.45) is 0. The van der Waals surface area contributed by atoms with Crippen LogP contribution < -0.4 is 0 Å². The minimum absolute atomic E-state index is 0.371. The number of hydrogen-bond acceptors (Lipinski definition) is 0. The fourth-order valence-corrected chi connectivity index (χ4v) is 9.50. The van der Waals surface area contributed by atoms with Crippen LogP contribution in [0, 0.1) is 0 Å². The van der Waals surface area contributed by atoms with Crippen LogP contribution in [-0.4, -0.2) is 0 Å². The summed E-state index contributed by atoms with van der Waals surface area (Å²) in [6, 6.07) is 68.0. The van der Waals surface area contributed by atoms with Crippen molar-refractivity contribution in [2.24, 2.45) is 0 Å². The molecule has 226 valence electrons. The number of fused-ring (bicyclic) bond motifs is 13. The van der Waals surface area contributed by atoms with Crippen LogP contribution >= 0.6 is 0 Å². The van der Waals surface area contributed by atoms with Crippen molar-refractivity contribution >= 4 is 32.3 Å². The Morgan fingerprint density at radius 3 is 1.20 bits per heavy atom. The molecule has 2 aliphatic carbocycles. The standard InChI is InChI=1S/C49H30/c1-2-17-32-31(15-1)16-13-25-35(32)46-36-20-3-5-22-38(36)47(39-23-6-4-21-37(39)46)41-26-14-30-45-48(41)40-24-9-12-29-44(40)49(45)42-27-10-7-18-33(42)34-19-8-11-28-43(34)49/h1-30H. The summed E-state index contributed by atoms with van der Waals surface area (Å²) < 4.78 is 0. The van der Waals surface area contributed by atoms with Crippen LogP contribution in [-0.2, 0) is 5.41 Å². The van der Waals surface area contributed by atoms with E-state index in [1.807, 2.05) is 0 Å². The molecule has 0 saturated heterocycles. The van der Waals surface area contributed by atoms with E-state index in [1.54, 1.807) is 0 Å². The molecule has 0 saturated carbocycles. The predicted octanol–water partition coefficient (Wildman–Crippen LogP) is 12.8. The van der Waals surface area contributed by atoms with Gasteiger partial charge in [0.2, 0.25) is 0 Å². The lowest BCUT2D eigenvalue weighted by Gasteiger charge is -2.30. The van der Waals surface area contributed by atoms with Crippen molar-refractivity contribution in [3.63, 3.8) is 0 Å². The molecule has 9 aromatic carbocycles. The van der Waals surface area contributed by atoms with E-state index < -0.39 is 0 Å². The molecule has 0 fully saturated rings. The summed E-state index contributed by atoms with van der Waals surface area (Å²) in [5.74, 6) is 0. The van der Waals surface area contributed by atoms with E-state index >= 15 is 0 Å². The average Bonchev–Trinajstić information content (AvgIpc) is 3.65. The molecule has 0 aliphatic heterocycles. The molecule has 0 N–H and O–H groups in total. The zero-order valence-electron chi connectivity index (χ0n) is 26.8. The van der Waals surface area contributed by atoms with Crippen molar-refractivity contribution in [3.8, 4) is 44.5 Å². The van der Waals surface area contributed by atoms with Crippen molar-refractivity contribution in [1.29, 1.82) is 0 Å². The van der Waals surface area contributed by atoms with E-state index in [9.17, 15) is 0 Å². The first-order valence-electron chi connectivity index (χ1n) is 17.2. The Hall–Kier alpha value is -6.24. The minimum atomic E-state index is -0.371. The molecule has 0 bridgehead atoms. The summed E-state index contributed by atoms with van der Waals surface area (Å²) >= 11 is 0. The molecule has 9 aromatic rings. The average molecular weight is 619 g/mol. The van der Waals surface area contributed by atoms with Crippen LogP contribution in [0.1, 0.15) is 22.3 Å². The molecule has 0 heteroatoms. The molecule has 11 rings (SSSR count). The van der Waals surface area contributed by atoms with Gasteiger partial charge in [0, 0.05) is 0 Å². The van der Waals surface area contributed by atoms with E-state index in [0.717, 1.165) is 0 Å². The molecule has 0 heterocycles. The van der Waals surface area contributed by atoms with Crippen LogP contribution in [0.5, 0.6) is 0 Å². The first-order valence-corrected chi connectivity index (χ1v) is 17.2. The Balaban J connectivity index is 1.30. The van der Waals surface area contributed by atoms with Gasteiger partial charge in [-0.1, -0.05) is 182 Å². The summed E-state index contributed by atoms with van der Waals surface area (Å²) in [6.45, 7) is 0. The molecule has 0 nitrogen and oxygen atoms in total. The maximum Gasteiger partial charge on any atom is 0.0725 e. The van der Waals surface area contributed by atoms with Gasteiger partial charge < -0.3 is 0 Å². The summed E-state index contributed by atoms with van der Waals surface area (Å²) in [5, 5.41) is 7.66. The van der Waals surface area contributed by atoms with Gasteiger partial charge in [-0.05, 0) is 99.1 Å². The highest BCUT2D eigenvalue weighted by Crippen LogP contribution is 2.64. The Kier molecular flexibility index (Phi) is 5.41. The second kappa shape index (κ2) is 9.89. The Morgan fingerprint density at radius 2 is 0.592 bits per heavy atom. The van der Waals surface area contributed by atoms with Crippen molar-refractivity contribution in [3.05, 3.63) is 204 Å². The predicted molar refractivity (Wildman–Crippen MR) is 206 cm³/mol. The van der Waals surface area contributed by atoms with Gasteiger partial charge in [0.05, 0.1) is 5.41 Å². The highest BCUT2D eigenvalue weighted by Gasteiger charge is 2.52. The third-order valence-electron chi connectivity index (χ3n) is 11.3. The fraction of sp³-hybridized carbons (Fsp3) is 0.0204. The van der Waals surface area contributed by atoms with Crippen molar-refractivity contribution in [2.45, 2.75) is 5.41 Å². The normalized spacial score (nSPS) is 13.5. The molecule has 0 atom stereocenters. The SMILES string of the molecule is c1ccc2c(c1)-c1ccccc1C21c2ccccc2-c2c(-c3c4ccccc4c(-c4cccc5ccccc45)c4ccccc34)cccc21. The van der Waals surface area contributed by atoms with Gasteiger partial charge in [0.15, 0.2) is 0 Å². The van der Waals surface area contributed by atoms with Crippen LogP contribution in [0.3, 0.4) is 0 Å². The number of hydrogen-bond donors (Lipinski definition) is 0. The Labute approximate surface area is 285 Å². The minimum Gasteiger partial charge on any atom is -0.0619 e. The van der Waals surface area contributed by atoms with E-state index in [2.05, 4.69) is 182 Å². The Morgan fingerprint density at radius 1 is 0.224 bits per heavy atom. The molecular weight excluding hydrogens is 589 g/mol. The number of rotatable bonds is 2. The van der Waals surface area contributed by atoms with Crippen LogP contribution in [0.15, 0.2) is 182 Å². The lowest BCUT2D eigenvalue weighted by atomic mass is 9.70. The van der Waals surface area contributed by atoms with Crippen molar-refractivity contribution < 1.29 is 0 Å². The molecular formula is C49H30. The molecule has 2 aliphatic rings. The lowest BCUT2D eigenvalue weighted by Crippen LogP contribution is -2.25. The van der Waals surface area contributed by atoms with Gasteiger partial charge in [0.25, 0.3) is 0 Å². The first kappa shape index (κ1) is 26.8. The summed E-state index contributed by atoms with van der Waals surface area (Å²) in [4.78, 5) is 0. The maximum absolute atomic E-state index is 2.40. The third-order valence-corrected chi connectivity index (χ3v) is 11.3. The molecule has 1 spiro atoms. The highest BCUT2D eigenvalue weighted by molar-refractivity contribution is 6.24. The van der Waals surface area contributed by atoms with E-state index in [0.29, 0.717) is 0 Å². The van der Waals surface area contributed by atoms with Gasteiger partial charge >= 0.3 is 0 Å². The molecule has 0 unspecified atom stereocenters. The van der Waals surface area contributed by atoms with Gasteiger partial charge in [-0.2, -0.15) is 0 Å². The highest BCUT2D eigenvalue weighted by atomic mass is 14.5. The molecule has 0 amide bonds. The van der Waals surface area contributed by atoms with Gasteiger partial charge in [-0.3, -0.25) is 0 Å². The van der Waals surface area contributed by atoms with Gasteiger partial charge in [-0.25, -0.2) is 0 Å². The first-order chi connectivity index (χ1) is 24.4. The monoisotopic (exact) mass is 618 g/mol. The van der Waals surface area contributed by atoms with Gasteiger partial charge in [-0.15, -0.1) is 0 Å². The van der Waals surface area contributed by atoms with Crippen LogP contribution in [0.4, 0.5) is 0 Å². The molecule has 0 aromatic heterocycles. The van der Waals surface area contributed by atoms with Crippen molar-refractivity contribution in [1.82, 2.24) is 0 Å². The van der Waals surface area contributed by atoms with E-state index in [-0.39, 0.29) is 5.41 Å². The van der Waals surface area contributed by atoms with Crippen molar-refractivity contribution in [2.75, 3.05) is 0 Å². The number of benzene rings is 9. The zero-order valence-corrected chi connectivity index (χ0v) is 26.8. The smallest absolute Gasteiger partial charge is 0.0619 e. The van der Waals surface area contributed by atoms with Crippen LogP contribution in [0.25, 0.3) is 76.8 Å². The second-order valence-corrected chi connectivity index (χ2v) is 13.5. The molecule has 49 heavy (non-hydrogen) atoms. The summed E-state index contributed by atoms with van der Waals surface area (Å²) in [5.41, 5.74) is 15.6.